The second-order valence-electron chi connectivity index (χ2n) is 23.7. The number of hydrogen-bond acceptors (Lipinski definition) is 2. The minimum atomic E-state index is -7.48. The third-order valence-electron chi connectivity index (χ3n) is 15.4. The van der Waals surface area contributed by atoms with E-state index in [1.165, 1.54) is 88.3 Å². The molecule has 2 aliphatic rings. The van der Waals surface area contributed by atoms with Crippen LogP contribution in [0, 0.1) is 13.8 Å². The van der Waals surface area contributed by atoms with Crippen molar-refractivity contribution in [1.82, 2.24) is 0 Å². The van der Waals surface area contributed by atoms with E-state index in [4.69, 9.17) is 5.63 Å². The van der Waals surface area contributed by atoms with Crippen LogP contribution in [0.25, 0.3) is 44.8 Å². The van der Waals surface area contributed by atoms with Crippen molar-refractivity contribution in [2.45, 2.75) is 82.7 Å². The van der Waals surface area contributed by atoms with Crippen LogP contribution in [0.3, 0.4) is 0 Å². The van der Waals surface area contributed by atoms with Crippen LogP contribution in [0.1, 0.15) is 104 Å². The van der Waals surface area contributed by atoms with Crippen molar-refractivity contribution in [1.29, 1.82) is 0 Å². The van der Waals surface area contributed by atoms with Gasteiger partial charge in [-0.3, -0.25) is 0 Å². The first-order valence-corrected chi connectivity index (χ1v) is 39.5. The zero-order chi connectivity index (χ0) is 46.6. The van der Waals surface area contributed by atoms with E-state index in [-0.39, 0.29) is 18.1 Å². The summed E-state index contributed by atoms with van der Waals surface area (Å²) in [5, 5.41) is 4.85. The van der Waals surface area contributed by atoms with Gasteiger partial charge in [0.25, 0.3) is 0 Å². The Morgan fingerprint density at radius 2 is 0.803 bits per heavy atom. The molecule has 2 atom stereocenters. The molecule has 0 radical (unpaired) electrons. The van der Waals surface area contributed by atoms with Crippen molar-refractivity contribution in [3.63, 3.8) is 0 Å². The first kappa shape index (κ1) is 44.3. The van der Waals surface area contributed by atoms with E-state index in [2.05, 4.69) is 254 Å². The maximum absolute atomic E-state index is 9.16. The molecule has 4 heteroatoms. The molecule has 0 spiro atoms. The molecule has 0 bridgehead atoms. The van der Waals surface area contributed by atoms with Gasteiger partial charge in [-0.25, -0.2) is 0 Å². The van der Waals surface area contributed by atoms with Crippen molar-refractivity contribution in [3.8, 4) is 11.5 Å². The van der Waals surface area contributed by atoms with Gasteiger partial charge in [-0.2, -0.15) is 0 Å². The number of fused-ring (bicyclic) bond motifs is 6. The SMILES string of the molecule is Cc1ccc([O][Zr]([CH3])([CH3])(=[SiH2])([O]c2ccc(C)cc2C(C)(C)C)([CH]2C(c3ccccc3)=Cc3ccc4ccccc4c32)[CH]2C(c3ccccc3)=Cc3ccc4ccccc4c32)c(C(C)(C)C)c1. The van der Waals surface area contributed by atoms with Crippen LogP contribution in [0.4, 0.5) is 0 Å². The van der Waals surface area contributed by atoms with Gasteiger partial charge in [-0.05, 0) is 0 Å². The molecule has 2 unspecified atom stereocenters. The Morgan fingerprint density at radius 3 is 1.18 bits per heavy atom. The van der Waals surface area contributed by atoms with Gasteiger partial charge in [-0.15, -0.1) is 0 Å². The normalized spacial score (nSPS) is 17.8. The summed E-state index contributed by atoms with van der Waals surface area (Å²) >= 11 is -7.48. The average molecular weight is 961 g/mol. The quantitative estimate of drug-likeness (QED) is 0.141. The number of aryl methyl sites for hydroxylation is 2. The molecule has 66 heavy (non-hydrogen) atoms. The molecule has 0 aromatic heterocycles. The molecule has 332 valence electrons. The van der Waals surface area contributed by atoms with Crippen molar-refractivity contribution >= 4 is 51.7 Å². The molecular formula is C62H64O2SiZr. The molecule has 8 aromatic carbocycles. The fraction of sp³-hybridized carbons (Fsp3) is 0.226. The third kappa shape index (κ3) is 6.80. The summed E-state index contributed by atoms with van der Waals surface area (Å²) in [5.41, 5.74) is 13.9. The van der Waals surface area contributed by atoms with E-state index in [0.29, 0.717) is 0 Å². The first-order valence-electron chi connectivity index (χ1n) is 23.8. The second kappa shape index (κ2) is 14.2. The van der Waals surface area contributed by atoms with Gasteiger partial charge in [0.15, 0.2) is 0 Å². The van der Waals surface area contributed by atoms with Gasteiger partial charge in [0.05, 0.1) is 0 Å². The Morgan fingerprint density at radius 1 is 0.439 bits per heavy atom. The van der Waals surface area contributed by atoms with Crippen LogP contribution in [0.15, 0.2) is 170 Å². The molecule has 0 saturated heterocycles. The van der Waals surface area contributed by atoms with E-state index in [0.717, 1.165) is 11.5 Å². The second-order valence-corrected chi connectivity index (χ2v) is 66.7. The standard InChI is InChI=1S/2C19H13.2C11H16O.2CH3.H2Si.Zr/c2*1-2-6-14(7-3-1)17-12-16-11-10-15-8-4-5-9-18(15)19(16)13-17;2*1-8-5-6-10(12)9(7-8)11(2,3)4;;;;/h2*1-13H;2*5-7,12H,1-4H3;2*1H3;1H2;/q;;;;;;;+2/p-2. The van der Waals surface area contributed by atoms with Crippen molar-refractivity contribution in [2.75, 3.05) is 0 Å². The molecule has 0 fully saturated rings. The number of allylic oxidation sites excluding steroid dienone is 2. The fourth-order valence-corrected chi connectivity index (χ4v) is 41.9. The summed E-state index contributed by atoms with van der Waals surface area (Å²) in [7, 11) is 0. The Balaban J connectivity index is 1.52. The van der Waals surface area contributed by atoms with Gasteiger partial charge in [-0.1, -0.05) is 0 Å². The predicted molar refractivity (Wildman–Crippen MR) is 283 cm³/mol. The Labute approximate surface area is 389 Å². The third-order valence-corrected chi connectivity index (χ3v) is 41.9. The van der Waals surface area contributed by atoms with Crippen molar-refractivity contribution < 1.29 is 20.9 Å². The van der Waals surface area contributed by atoms with Crippen LogP contribution in [-0.4, -0.2) is 6.88 Å². The van der Waals surface area contributed by atoms with Gasteiger partial charge in [0.1, 0.15) is 0 Å². The topological polar surface area (TPSA) is 18.5 Å². The summed E-state index contributed by atoms with van der Waals surface area (Å²) in [6.45, 7) is 20.5. The predicted octanol–water partition coefficient (Wildman–Crippen LogP) is 16.5. The maximum atomic E-state index is 9.16. The molecule has 0 N–H and O–H groups in total. The molecule has 0 amide bonds. The minimum absolute atomic E-state index is 0.265. The zero-order valence-corrected chi connectivity index (χ0v) is 44.4. The van der Waals surface area contributed by atoms with Crippen LogP contribution in [0.5, 0.6) is 11.5 Å². The molecule has 10 rings (SSSR count). The molecule has 8 aromatic rings. The monoisotopic (exact) mass is 958 g/mol. The van der Waals surface area contributed by atoms with Crippen LogP contribution in [0.2, 0.25) is 9.26 Å². The molecule has 2 aliphatic carbocycles. The number of hydrogen-bond donors (Lipinski definition) is 0. The van der Waals surface area contributed by atoms with E-state index in [1.807, 2.05) is 0 Å². The summed E-state index contributed by atoms with van der Waals surface area (Å²) in [6.07, 6.45) is 4.96. The van der Waals surface area contributed by atoms with Crippen molar-refractivity contribution in [2.24, 2.45) is 0 Å². The van der Waals surface area contributed by atoms with Gasteiger partial charge in [0, 0.05) is 0 Å². The Hall–Kier alpha value is -5.54. The van der Waals surface area contributed by atoms with Crippen LogP contribution >= 0.6 is 0 Å². The Kier molecular flexibility index (Phi) is 9.56. The van der Waals surface area contributed by atoms with E-state index in [1.54, 1.807) is 0 Å². The summed E-state index contributed by atoms with van der Waals surface area (Å²) in [5.74, 6) is 1.75. The van der Waals surface area contributed by atoms with E-state index < -0.39 is 15.3 Å². The summed E-state index contributed by atoms with van der Waals surface area (Å²) in [6, 6.07) is 63.1. The molecular weight excluding hydrogens is 896 g/mol. The zero-order valence-electron chi connectivity index (χ0n) is 40.5. The Bertz CT molecular complexity index is 3270. The number of benzene rings is 8. The van der Waals surface area contributed by atoms with E-state index >= 15 is 0 Å². The van der Waals surface area contributed by atoms with Gasteiger partial charge >= 0.3 is 392 Å². The van der Waals surface area contributed by atoms with Gasteiger partial charge in [0.2, 0.25) is 0 Å². The average Bonchev–Trinajstić information content (AvgIpc) is 3.91. The fourth-order valence-electron chi connectivity index (χ4n) is 12.6. The van der Waals surface area contributed by atoms with E-state index in [9.17, 15) is 0 Å². The van der Waals surface area contributed by atoms with Crippen molar-refractivity contribution in [3.05, 3.63) is 225 Å². The summed E-state index contributed by atoms with van der Waals surface area (Å²) in [4.78, 5) is 0. The van der Waals surface area contributed by atoms with Crippen LogP contribution < -0.4 is 5.63 Å². The molecule has 2 nitrogen and oxygen atoms in total. The number of rotatable bonds is 8. The van der Waals surface area contributed by atoms with Gasteiger partial charge < -0.3 is 0 Å². The van der Waals surface area contributed by atoms with Crippen LogP contribution in [-0.2, 0) is 26.1 Å². The molecule has 0 heterocycles. The first-order chi connectivity index (χ1) is 31.1. The molecule has 0 aliphatic heterocycles. The molecule has 0 saturated carbocycles. The summed E-state index contributed by atoms with van der Waals surface area (Å²) < 4.78 is 22.7.